The average Bonchev–Trinajstić information content (AvgIpc) is 2.62. The largest absolute Gasteiger partial charge is 0.356 e. The summed E-state index contributed by atoms with van der Waals surface area (Å²) in [6.07, 6.45) is 7.51. The van der Waals surface area contributed by atoms with Gasteiger partial charge in [-0.1, -0.05) is 37.4 Å². The third-order valence-corrected chi connectivity index (χ3v) is 5.02. The van der Waals surface area contributed by atoms with Crippen LogP contribution in [0.25, 0.3) is 0 Å². The molecule has 1 amide bonds. The van der Waals surface area contributed by atoms with Gasteiger partial charge in [0.05, 0.1) is 0 Å². The standard InChI is InChI=1S/C19H30ClN5O/c1-14-6-4-5-7-16(14)24-19(23-13-18(26)25(2)3)21-11-10-15-8-9-17(20)22-12-15/h8-9,12,14,16H,4-7,10-11,13H2,1-3H3,(H2,21,23,24). The average molecular weight is 380 g/mol. The predicted octanol–water partition coefficient (Wildman–Crippen LogP) is 2.48. The number of aromatic nitrogens is 1. The number of amides is 1. The van der Waals surface area contributed by atoms with Crippen molar-refractivity contribution in [2.24, 2.45) is 10.9 Å². The minimum atomic E-state index is -0.00954. The molecule has 0 aliphatic heterocycles. The molecule has 0 radical (unpaired) electrons. The molecule has 0 bridgehead atoms. The van der Waals surface area contributed by atoms with Crippen molar-refractivity contribution >= 4 is 23.5 Å². The van der Waals surface area contributed by atoms with Crippen LogP contribution in [0.2, 0.25) is 5.15 Å². The highest BCUT2D eigenvalue weighted by Gasteiger charge is 2.22. The molecule has 1 saturated carbocycles. The van der Waals surface area contributed by atoms with Crippen LogP contribution >= 0.6 is 11.6 Å². The Balaban J connectivity index is 1.93. The van der Waals surface area contributed by atoms with Crippen molar-refractivity contribution in [3.63, 3.8) is 0 Å². The van der Waals surface area contributed by atoms with Gasteiger partial charge in [-0.25, -0.2) is 9.98 Å². The van der Waals surface area contributed by atoms with Crippen molar-refractivity contribution in [3.05, 3.63) is 29.0 Å². The number of nitrogens with zero attached hydrogens (tertiary/aromatic N) is 3. The molecule has 1 fully saturated rings. The van der Waals surface area contributed by atoms with E-state index in [1.807, 2.05) is 6.07 Å². The van der Waals surface area contributed by atoms with E-state index in [1.54, 1.807) is 31.3 Å². The molecule has 2 N–H and O–H groups in total. The maximum atomic E-state index is 11.9. The third kappa shape index (κ3) is 6.83. The van der Waals surface area contributed by atoms with Gasteiger partial charge in [-0.05, 0) is 36.8 Å². The fourth-order valence-electron chi connectivity index (χ4n) is 3.03. The van der Waals surface area contributed by atoms with E-state index in [0.717, 1.165) is 18.4 Å². The van der Waals surface area contributed by atoms with Crippen LogP contribution in [0.3, 0.4) is 0 Å². The lowest BCUT2D eigenvalue weighted by Crippen LogP contribution is -2.48. The summed E-state index contributed by atoms with van der Waals surface area (Å²) in [5.74, 6) is 1.31. The number of likely N-dealkylation sites (N-methyl/N-ethyl adjacent to an activating group) is 1. The van der Waals surface area contributed by atoms with Crippen molar-refractivity contribution in [1.82, 2.24) is 20.5 Å². The third-order valence-electron chi connectivity index (χ3n) is 4.80. The molecule has 0 aromatic carbocycles. The second-order valence-electron chi connectivity index (χ2n) is 7.13. The zero-order valence-electron chi connectivity index (χ0n) is 16.0. The molecule has 2 atom stereocenters. The first-order chi connectivity index (χ1) is 12.5. The maximum Gasteiger partial charge on any atom is 0.243 e. The summed E-state index contributed by atoms with van der Waals surface area (Å²) >= 11 is 5.82. The summed E-state index contributed by atoms with van der Waals surface area (Å²) in [7, 11) is 3.49. The molecular formula is C19H30ClN5O. The molecule has 26 heavy (non-hydrogen) atoms. The molecule has 1 aromatic rings. The first-order valence-electron chi connectivity index (χ1n) is 9.31. The Morgan fingerprint density at radius 3 is 2.77 bits per heavy atom. The number of carbonyl (C=O) groups excluding carboxylic acids is 1. The SMILES string of the molecule is CC1CCCCC1NC(=NCC(=O)N(C)C)NCCc1ccc(Cl)nc1. The molecule has 1 aromatic heterocycles. The summed E-state index contributed by atoms with van der Waals surface area (Å²) in [6.45, 7) is 3.14. The van der Waals surface area contributed by atoms with E-state index >= 15 is 0 Å². The van der Waals surface area contributed by atoms with E-state index in [2.05, 4.69) is 27.5 Å². The molecule has 144 valence electrons. The molecule has 0 saturated heterocycles. The van der Waals surface area contributed by atoms with E-state index in [4.69, 9.17) is 11.6 Å². The highest BCUT2D eigenvalue weighted by atomic mass is 35.5. The second-order valence-corrected chi connectivity index (χ2v) is 7.52. The number of carbonyl (C=O) groups is 1. The number of rotatable bonds is 6. The fourth-order valence-corrected chi connectivity index (χ4v) is 3.14. The summed E-state index contributed by atoms with van der Waals surface area (Å²) < 4.78 is 0. The molecule has 1 heterocycles. The summed E-state index contributed by atoms with van der Waals surface area (Å²) in [6, 6.07) is 4.17. The lowest BCUT2D eigenvalue weighted by molar-refractivity contribution is -0.127. The van der Waals surface area contributed by atoms with E-state index in [-0.39, 0.29) is 12.5 Å². The van der Waals surface area contributed by atoms with Crippen molar-refractivity contribution in [3.8, 4) is 0 Å². The van der Waals surface area contributed by atoms with E-state index in [9.17, 15) is 4.79 Å². The molecule has 2 unspecified atom stereocenters. The first kappa shape index (κ1) is 20.5. The molecule has 1 aliphatic rings. The number of aliphatic imine (C=N–C) groups is 1. The topological polar surface area (TPSA) is 69.6 Å². The fraction of sp³-hybridized carbons (Fsp3) is 0.632. The first-order valence-corrected chi connectivity index (χ1v) is 9.69. The van der Waals surface area contributed by atoms with Crippen molar-refractivity contribution in [1.29, 1.82) is 0 Å². The van der Waals surface area contributed by atoms with Gasteiger partial charge in [0.25, 0.3) is 0 Å². The van der Waals surface area contributed by atoms with Crippen molar-refractivity contribution in [2.75, 3.05) is 27.2 Å². The Morgan fingerprint density at radius 2 is 2.12 bits per heavy atom. The molecule has 2 rings (SSSR count). The van der Waals surface area contributed by atoms with Gasteiger partial charge in [0.2, 0.25) is 5.91 Å². The van der Waals surface area contributed by atoms with Crippen LogP contribution in [0.15, 0.2) is 23.3 Å². The molecule has 0 spiro atoms. The number of hydrogen-bond acceptors (Lipinski definition) is 3. The van der Waals surface area contributed by atoms with Crippen LogP contribution < -0.4 is 10.6 Å². The lowest BCUT2D eigenvalue weighted by atomic mass is 9.86. The van der Waals surface area contributed by atoms with Gasteiger partial charge >= 0.3 is 0 Å². The van der Waals surface area contributed by atoms with Gasteiger partial charge in [0.15, 0.2) is 5.96 Å². The minimum Gasteiger partial charge on any atom is -0.356 e. The maximum absolute atomic E-state index is 11.9. The van der Waals surface area contributed by atoms with Crippen LogP contribution in [0.5, 0.6) is 0 Å². The zero-order valence-corrected chi connectivity index (χ0v) is 16.7. The highest BCUT2D eigenvalue weighted by Crippen LogP contribution is 2.23. The number of hydrogen-bond donors (Lipinski definition) is 2. The van der Waals surface area contributed by atoms with Crippen LogP contribution in [-0.2, 0) is 11.2 Å². The zero-order chi connectivity index (χ0) is 18.9. The Kier molecular flexibility index (Phi) is 8.16. The number of pyridine rings is 1. The van der Waals surface area contributed by atoms with Gasteiger partial charge in [-0.2, -0.15) is 0 Å². The Labute approximate surface area is 161 Å². The van der Waals surface area contributed by atoms with Gasteiger partial charge < -0.3 is 15.5 Å². The van der Waals surface area contributed by atoms with Crippen LogP contribution in [0.4, 0.5) is 0 Å². The smallest absolute Gasteiger partial charge is 0.243 e. The molecule has 1 aliphatic carbocycles. The number of halogens is 1. The quantitative estimate of drug-likeness (QED) is 0.452. The van der Waals surface area contributed by atoms with E-state index in [1.165, 1.54) is 19.3 Å². The van der Waals surface area contributed by atoms with Gasteiger partial charge in [0, 0.05) is 32.9 Å². The summed E-state index contributed by atoms with van der Waals surface area (Å²) in [5, 5.41) is 7.38. The Hall–Kier alpha value is -1.82. The monoisotopic (exact) mass is 379 g/mol. The molecule has 7 heteroatoms. The van der Waals surface area contributed by atoms with Gasteiger partial charge in [-0.15, -0.1) is 0 Å². The van der Waals surface area contributed by atoms with Crippen LogP contribution in [-0.4, -0.2) is 55.0 Å². The summed E-state index contributed by atoms with van der Waals surface area (Å²) in [5.41, 5.74) is 1.11. The van der Waals surface area contributed by atoms with Crippen molar-refractivity contribution in [2.45, 2.75) is 45.1 Å². The van der Waals surface area contributed by atoms with Crippen LogP contribution in [0, 0.1) is 5.92 Å². The molecule has 6 nitrogen and oxygen atoms in total. The Bertz CT molecular complexity index is 602. The van der Waals surface area contributed by atoms with E-state index in [0.29, 0.717) is 29.6 Å². The molecular weight excluding hydrogens is 350 g/mol. The summed E-state index contributed by atoms with van der Waals surface area (Å²) in [4.78, 5) is 22.0. The lowest BCUT2D eigenvalue weighted by Gasteiger charge is -2.31. The highest BCUT2D eigenvalue weighted by molar-refractivity contribution is 6.29. The van der Waals surface area contributed by atoms with Crippen molar-refractivity contribution < 1.29 is 4.79 Å². The second kappa shape index (κ2) is 10.4. The van der Waals surface area contributed by atoms with Gasteiger partial charge in [0.1, 0.15) is 11.7 Å². The number of nitrogens with one attached hydrogen (secondary N) is 2. The predicted molar refractivity (Wildman–Crippen MR) is 107 cm³/mol. The number of guanidine groups is 1. The van der Waals surface area contributed by atoms with Crippen LogP contribution in [0.1, 0.15) is 38.2 Å². The minimum absolute atomic E-state index is 0.00954. The Morgan fingerprint density at radius 1 is 1.35 bits per heavy atom. The van der Waals surface area contributed by atoms with Gasteiger partial charge in [-0.3, -0.25) is 4.79 Å². The van der Waals surface area contributed by atoms with E-state index < -0.39 is 0 Å². The normalized spacial score (nSPS) is 20.5.